The first-order valence-electron chi connectivity index (χ1n) is 4.87. The van der Waals surface area contributed by atoms with E-state index in [0.717, 1.165) is 33.1 Å². The van der Waals surface area contributed by atoms with Gasteiger partial charge < -0.3 is 24.5 Å². The first-order valence-corrected chi connectivity index (χ1v) is 4.87. The number of carboxylic acid groups (broad SMARTS) is 2. The fraction of sp³-hybridized carbons (Fsp3) is 0.700. The molecule has 0 aliphatic carbocycles. The first-order chi connectivity index (χ1) is 7.36. The Morgan fingerprint density at radius 2 is 1.47 bits per heavy atom. The van der Waals surface area contributed by atoms with Crippen molar-refractivity contribution >= 4 is 17.9 Å². The summed E-state index contributed by atoms with van der Waals surface area (Å²) in [6, 6.07) is 0. The summed E-state index contributed by atoms with van der Waals surface area (Å²) >= 11 is 0. The summed E-state index contributed by atoms with van der Waals surface area (Å²) in [6.07, 6.45) is 3.83. The second-order valence-corrected chi connectivity index (χ2v) is 3.01. The third-order valence-corrected chi connectivity index (χ3v) is 1.29. The van der Waals surface area contributed by atoms with Crippen LogP contribution in [0.3, 0.4) is 0 Å². The Balaban J connectivity index is -0.000000189. The van der Waals surface area contributed by atoms with Gasteiger partial charge in [-0.25, -0.2) is 0 Å². The van der Waals surface area contributed by atoms with Gasteiger partial charge in [0.05, 0.1) is 6.61 Å². The smallest absolute Gasteiger partial charge is 0.550 e. The van der Waals surface area contributed by atoms with E-state index in [1.54, 1.807) is 0 Å². The van der Waals surface area contributed by atoms with Crippen LogP contribution in [0.5, 0.6) is 0 Å². The van der Waals surface area contributed by atoms with E-state index >= 15 is 0 Å². The molecule has 17 heavy (non-hydrogen) atoms. The summed E-state index contributed by atoms with van der Waals surface area (Å²) in [5.41, 5.74) is 0. The molecule has 1 rings (SSSR count). The summed E-state index contributed by atoms with van der Waals surface area (Å²) in [4.78, 5) is 28.2. The van der Waals surface area contributed by atoms with Crippen molar-refractivity contribution in [3.63, 3.8) is 0 Å². The zero-order chi connectivity index (χ0) is 13.0. The molecule has 1 aliphatic heterocycles. The summed E-state index contributed by atoms with van der Waals surface area (Å²) in [5.74, 6) is -2.19. The van der Waals surface area contributed by atoms with Gasteiger partial charge in [-0.15, -0.1) is 0 Å². The Morgan fingerprint density at radius 3 is 1.88 bits per heavy atom. The number of hydrogen-bond acceptors (Lipinski definition) is 6. The average molecular weight is 298 g/mol. The van der Waals surface area contributed by atoms with Gasteiger partial charge >= 0.3 is 25.4 Å². The fourth-order valence-corrected chi connectivity index (χ4v) is 0.806. The van der Waals surface area contributed by atoms with Crippen molar-refractivity contribution in [2.75, 3.05) is 6.61 Å². The van der Waals surface area contributed by atoms with Crippen LogP contribution in [0.2, 0.25) is 0 Å². The number of carboxylic acids is 2. The molecule has 0 spiro atoms. The van der Waals surface area contributed by atoms with Crippen molar-refractivity contribution in [3.05, 3.63) is 0 Å². The van der Waals surface area contributed by atoms with Crippen LogP contribution in [0.25, 0.3) is 0 Å². The van der Waals surface area contributed by atoms with Crippen molar-refractivity contribution < 1.29 is 48.8 Å². The number of ether oxygens (including phenoxy) is 1. The molecule has 7 heteroatoms. The van der Waals surface area contributed by atoms with E-state index in [4.69, 9.17) is 24.5 Å². The summed E-state index contributed by atoms with van der Waals surface area (Å²) in [7, 11) is 0. The summed E-state index contributed by atoms with van der Waals surface area (Å²) < 4.78 is 4.76. The van der Waals surface area contributed by atoms with Crippen molar-refractivity contribution in [2.45, 2.75) is 39.5 Å². The number of cyclic esters (lactones) is 1. The maximum Gasteiger partial charge on any atom is 2.00 e. The van der Waals surface area contributed by atoms with Gasteiger partial charge in [-0.3, -0.25) is 4.79 Å². The molecule has 0 aromatic heterocycles. The van der Waals surface area contributed by atoms with E-state index in [2.05, 4.69) is 0 Å². The quantitative estimate of drug-likeness (QED) is 0.403. The van der Waals surface area contributed by atoms with Gasteiger partial charge in [-0.2, -0.15) is 0 Å². The summed E-state index contributed by atoms with van der Waals surface area (Å²) in [6.45, 7) is 2.58. The molecule has 94 valence electrons. The second kappa shape index (κ2) is 15.0. The topological polar surface area (TPSA) is 107 Å². The Kier molecular flexibility index (Phi) is 18.9. The van der Waals surface area contributed by atoms with E-state index in [0.29, 0.717) is 13.0 Å². The second-order valence-electron chi connectivity index (χ2n) is 3.01. The predicted molar refractivity (Wildman–Crippen MR) is 50.8 cm³/mol. The van der Waals surface area contributed by atoms with Gasteiger partial charge in [-0.1, -0.05) is 0 Å². The van der Waals surface area contributed by atoms with E-state index in [1.807, 2.05) is 0 Å². The van der Waals surface area contributed by atoms with Crippen molar-refractivity contribution in [3.8, 4) is 0 Å². The van der Waals surface area contributed by atoms with E-state index in [9.17, 15) is 4.79 Å². The Morgan fingerprint density at radius 1 is 1.06 bits per heavy atom. The molecule has 1 heterocycles. The fourth-order valence-electron chi connectivity index (χ4n) is 0.806. The van der Waals surface area contributed by atoms with Crippen molar-refractivity contribution in [1.82, 2.24) is 0 Å². The molecular weight excluding hydrogens is 281 g/mol. The number of carbonyl (C=O) groups is 3. The monoisotopic (exact) mass is 296 g/mol. The molecule has 1 saturated heterocycles. The van der Waals surface area contributed by atoms with Gasteiger partial charge in [0.2, 0.25) is 0 Å². The third kappa shape index (κ3) is 39.6. The molecule has 6 nitrogen and oxygen atoms in total. The molecule has 1 aliphatic rings. The molecule has 0 amide bonds. The SMILES string of the molecule is CC(=O)[O-].CC(=O)[O-].O=C1CCCCCO1.[Zn+2]. The minimum Gasteiger partial charge on any atom is -0.550 e. The van der Waals surface area contributed by atoms with Gasteiger partial charge in [0.25, 0.3) is 0 Å². The number of aliphatic carboxylic acids is 2. The van der Waals surface area contributed by atoms with Crippen LogP contribution in [-0.4, -0.2) is 24.5 Å². The molecule has 0 atom stereocenters. The Hall–Kier alpha value is -0.967. The molecule has 0 bridgehead atoms. The summed E-state index contributed by atoms with van der Waals surface area (Å²) in [5, 5.41) is 17.8. The third-order valence-electron chi connectivity index (χ3n) is 1.29. The van der Waals surface area contributed by atoms with E-state index in [1.165, 1.54) is 0 Å². The van der Waals surface area contributed by atoms with Crippen LogP contribution in [0.4, 0.5) is 0 Å². The zero-order valence-electron chi connectivity index (χ0n) is 10.2. The number of rotatable bonds is 0. The minimum absolute atomic E-state index is 0. The predicted octanol–water partition coefficient (Wildman–Crippen LogP) is -1.39. The van der Waals surface area contributed by atoms with Gasteiger partial charge in [0, 0.05) is 18.4 Å². The normalized spacial score (nSPS) is 13.2. The zero-order valence-corrected chi connectivity index (χ0v) is 13.2. The van der Waals surface area contributed by atoms with Gasteiger partial charge in [0.15, 0.2) is 0 Å². The molecule has 0 radical (unpaired) electrons. The molecule has 0 unspecified atom stereocenters. The molecule has 0 aromatic rings. The van der Waals surface area contributed by atoms with Gasteiger partial charge in [-0.05, 0) is 33.1 Å². The minimum atomic E-state index is -1.08. The molecule has 1 fully saturated rings. The van der Waals surface area contributed by atoms with Crippen LogP contribution in [-0.2, 0) is 38.6 Å². The van der Waals surface area contributed by atoms with E-state index in [-0.39, 0.29) is 25.4 Å². The Labute approximate surface area is 113 Å². The molecular formula is C10H16O6Zn. The van der Waals surface area contributed by atoms with E-state index < -0.39 is 11.9 Å². The van der Waals surface area contributed by atoms with Crippen LogP contribution >= 0.6 is 0 Å². The Bertz CT molecular complexity index is 199. The number of hydrogen-bond donors (Lipinski definition) is 0. The maximum absolute atomic E-state index is 10.5. The van der Waals surface area contributed by atoms with Gasteiger partial charge in [0.1, 0.15) is 0 Å². The largest absolute Gasteiger partial charge is 2.00 e. The van der Waals surface area contributed by atoms with Crippen LogP contribution in [0.1, 0.15) is 39.5 Å². The average Bonchev–Trinajstić information content (AvgIpc) is 2.30. The van der Waals surface area contributed by atoms with Crippen molar-refractivity contribution in [2.24, 2.45) is 0 Å². The standard InChI is InChI=1S/C6H10O2.2C2H4O2.Zn/c7-6-4-2-1-3-5-8-6;2*1-2(3)4;/h1-5H2;2*1H3,(H,3,4);/q;;;+2/p-2. The van der Waals surface area contributed by atoms with Crippen molar-refractivity contribution in [1.29, 1.82) is 0 Å². The van der Waals surface area contributed by atoms with Crippen LogP contribution in [0, 0.1) is 0 Å². The van der Waals surface area contributed by atoms with Crippen LogP contribution in [0.15, 0.2) is 0 Å². The molecule has 0 aromatic carbocycles. The van der Waals surface area contributed by atoms with Crippen LogP contribution < -0.4 is 10.2 Å². The molecule has 0 saturated carbocycles. The molecule has 0 N–H and O–H groups in total. The number of esters is 1. The maximum atomic E-state index is 10.5. The number of carbonyl (C=O) groups excluding carboxylic acids is 3. The first kappa shape index (κ1) is 21.3.